The van der Waals surface area contributed by atoms with Gasteiger partial charge in [-0.25, -0.2) is 4.68 Å². The monoisotopic (exact) mass is 250 g/mol. The van der Waals surface area contributed by atoms with Gasteiger partial charge in [-0.2, -0.15) is 10.1 Å². The average Bonchev–Trinajstić information content (AvgIpc) is 2.75. The summed E-state index contributed by atoms with van der Waals surface area (Å²) in [5, 5.41) is 6.53. The molecule has 0 spiro atoms. The molecule has 0 aliphatic rings. The topological polar surface area (TPSA) is 59.8 Å². The molecule has 1 heterocycles. The molecule has 1 aromatic carbocycles. The van der Waals surface area contributed by atoms with Gasteiger partial charge in [0.2, 0.25) is 5.95 Å². The van der Waals surface area contributed by atoms with Crippen LogP contribution >= 0.6 is 11.6 Å². The number of carbonyl (C=O) groups excluding carboxylic acids is 1. The molecule has 17 heavy (non-hydrogen) atoms. The maximum Gasteiger partial charge on any atom is 0.258 e. The van der Waals surface area contributed by atoms with Crippen LogP contribution in [0.15, 0.2) is 30.6 Å². The first-order chi connectivity index (χ1) is 8.20. The average molecular weight is 251 g/mol. The maximum absolute atomic E-state index is 11.8. The van der Waals surface area contributed by atoms with Crippen molar-refractivity contribution in [3.63, 3.8) is 0 Å². The first kappa shape index (κ1) is 11.6. The summed E-state index contributed by atoms with van der Waals surface area (Å²) in [7, 11) is 1.71. The predicted molar refractivity (Wildman–Crippen MR) is 65.0 cm³/mol. The molecule has 0 saturated heterocycles. The number of nitrogens with zero attached hydrogens (tertiary/aromatic N) is 3. The molecule has 1 amide bonds. The standard InChI is InChI=1S/C11H11ClN4O/c1-16-11(13-7-14-16)15-10(17)9-4-2-8(6-12)3-5-9/h2-5,7H,6H2,1H3,(H,13,14,15,17). The van der Waals surface area contributed by atoms with Crippen molar-refractivity contribution in [1.29, 1.82) is 0 Å². The number of nitrogens with one attached hydrogen (secondary N) is 1. The van der Waals surface area contributed by atoms with E-state index in [0.717, 1.165) is 5.56 Å². The van der Waals surface area contributed by atoms with E-state index in [-0.39, 0.29) is 5.91 Å². The lowest BCUT2D eigenvalue weighted by Gasteiger charge is -2.04. The number of aryl methyl sites for hydroxylation is 1. The van der Waals surface area contributed by atoms with Gasteiger partial charge in [-0.05, 0) is 17.7 Å². The second-order valence-electron chi connectivity index (χ2n) is 3.49. The molecular formula is C11H11ClN4O. The van der Waals surface area contributed by atoms with Gasteiger partial charge in [0.25, 0.3) is 5.91 Å². The molecule has 0 aliphatic heterocycles. The zero-order valence-corrected chi connectivity index (χ0v) is 9.98. The number of hydrogen-bond donors (Lipinski definition) is 1. The fourth-order valence-electron chi connectivity index (χ4n) is 1.33. The van der Waals surface area contributed by atoms with Gasteiger partial charge in [0.1, 0.15) is 6.33 Å². The minimum Gasteiger partial charge on any atom is -0.291 e. The second kappa shape index (κ2) is 4.97. The van der Waals surface area contributed by atoms with Gasteiger partial charge in [0, 0.05) is 18.5 Å². The number of halogens is 1. The van der Waals surface area contributed by atoms with Crippen molar-refractivity contribution in [1.82, 2.24) is 14.8 Å². The highest BCUT2D eigenvalue weighted by atomic mass is 35.5. The molecule has 1 aromatic heterocycles. The maximum atomic E-state index is 11.8. The summed E-state index contributed by atoms with van der Waals surface area (Å²) < 4.78 is 1.49. The minimum absolute atomic E-state index is 0.220. The van der Waals surface area contributed by atoms with Crippen molar-refractivity contribution < 1.29 is 4.79 Å². The first-order valence-corrected chi connectivity index (χ1v) is 5.54. The Morgan fingerprint density at radius 2 is 2.12 bits per heavy atom. The number of aromatic nitrogens is 3. The molecular weight excluding hydrogens is 240 g/mol. The van der Waals surface area contributed by atoms with Gasteiger partial charge < -0.3 is 0 Å². The number of carbonyl (C=O) groups is 1. The lowest BCUT2D eigenvalue weighted by atomic mass is 10.1. The molecule has 0 saturated carbocycles. The van der Waals surface area contributed by atoms with Crippen molar-refractivity contribution in [3.8, 4) is 0 Å². The molecule has 2 aromatic rings. The highest BCUT2D eigenvalue weighted by Gasteiger charge is 2.08. The third kappa shape index (κ3) is 2.62. The summed E-state index contributed by atoms with van der Waals surface area (Å²) in [5.74, 6) is 0.629. The quantitative estimate of drug-likeness (QED) is 0.845. The number of benzene rings is 1. The van der Waals surface area contributed by atoms with Crippen LogP contribution in [0.2, 0.25) is 0 Å². The van der Waals surface area contributed by atoms with Crippen molar-refractivity contribution in [2.75, 3.05) is 5.32 Å². The molecule has 6 heteroatoms. The van der Waals surface area contributed by atoms with E-state index >= 15 is 0 Å². The first-order valence-electron chi connectivity index (χ1n) is 5.01. The molecule has 0 aliphatic carbocycles. The van der Waals surface area contributed by atoms with Gasteiger partial charge in [0.05, 0.1) is 0 Å². The van der Waals surface area contributed by atoms with Crippen LogP contribution in [0.5, 0.6) is 0 Å². The number of anilines is 1. The summed E-state index contributed by atoms with van der Waals surface area (Å²) in [6.45, 7) is 0. The van der Waals surface area contributed by atoms with Crippen LogP contribution < -0.4 is 5.32 Å². The van der Waals surface area contributed by atoms with Gasteiger partial charge in [-0.15, -0.1) is 11.6 Å². The Bertz CT molecular complexity index is 521. The highest BCUT2D eigenvalue weighted by molar-refractivity contribution is 6.17. The van der Waals surface area contributed by atoms with Crippen LogP contribution in [0.3, 0.4) is 0 Å². The van der Waals surface area contributed by atoms with Gasteiger partial charge >= 0.3 is 0 Å². The van der Waals surface area contributed by atoms with Crippen LogP contribution in [-0.2, 0) is 12.9 Å². The minimum atomic E-state index is -0.220. The van der Waals surface area contributed by atoms with E-state index in [9.17, 15) is 4.79 Å². The number of alkyl halides is 1. The van der Waals surface area contributed by atoms with Gasteiger partial charge in [-0.3, -0.25) is 10.1 Å². The van der Waals surface area contributed by atoms with E-state index in [1.165, 1.54) is 11.0 Å². The van der Waals surface area contributed by atoms with Crippen LogP contribution in [0.25, 0.3) is 0 Å². The molecule has 5 nitrogen and oxygen atoms in total. The Labute approximate surface area is 103 Å². The normalized spacial score (nSPS) is 10.2. The number of hydrogen-bond acceptors (Lipinski definition) is 3. The molecule has 1 N–H and O–H groups in total. The Morgan fingerprint density at radius 3 is 2.65 bits per heavy atom. The van der Waals surface area contributed by atoms with E-state index in [0.29, 0.717) is 17.4 Å². The fraction of sp³-hybridized carbons (Fsp3) is 0.182. The number of rotatable bonds is 3. The zero-order valence-electron chi connectivity index (χ0n) is 9.22. The lowest BCUT2D eigenvalue weighted by molar-refractivity contribution is 0.102. The van der Waals surface area contributed by atoms with Crippen molar-refractivity contribution in [2.45, 2.75) is 5.88 Å². The highest BCUT2D eigenvalue weighted by Crippen LogP contribution is 2.08. The SMILES string of the molecule is Cn1ncnc1NC(=O)c1ccc(CCl)cc1. The molecule has 0 radical (unpaired) electrons. The zero-order chi connectivity index (χ0) is 12.3. The molecule has 0 bridgehead atoms. The van der Waals surface area contributed by atoms with E-state index < -0.39 is 0 Å². The molecule has 0 fully saturated rings. The predicted octanol–water partition coefficient (Wildman–Crippen LogP) is 1.81. The van der Waals surface area contributed by atoms with Crippen LogP contribution in [0.1, 0.15) is 15.9 Å². The Hall–Kier alpha value is -1.88. The van der Waals surface area contributed by atoms with Gasteiger partial charge in [-0.1, -0.05) is 12.1 Å². The molecule has 2 rings (SSSR count). The third-order valence-corrected chi connectivity index (χ3v) is 2.62. The third-order valence-electron chi connectivity index (χ3n) is 2.31. The van der Waals surface area contributed by atoms with Crippen LogP contribution in [0, 0.1) is 0 Å². The van der Waals surface area contributed by atoms with Crippen molar-refractivity contribution >= 4 is 23.5 Å². The number of amides is 1. The van der Waals surface area contributed by atoms with Crippen molar-refractivity contribution in [2.24, 2.45) is 7.05 Å². The Balaban J connectivity index is 2.12. The van der Waals surface area contributed by atoms with Crippen molar-refractivity contribution in [3.05, 3.63) is 41.7 Å². The van der Waals surface area contributed by atoms with E-state index in [2.05, 4.69) is 15.4 Å². The fourth-order valence-corrected chi connectivity index (χ4v) is 1.51. The smallest absolute Gasteiger partial charge is 0.258 e. The van der Waals surface area contributed by atoms with E-state index in [1.54, 1.807) is 19.2 Å². The summed E-state index contributed by atoms with van der Waals surface area (Å²) in [6.07, 6.45) is 1.38. The summed E-state index contributed by atoms with van der Waals surface area (Å²) in [6, 6.07) is 7.09. The Morgan fingerprint density at radius 1 is 1.41 bits per heavy atom. The second-order valence-corrected chi connectivity index (χ2v) is 3.76. The van der Waals surface area contributed by atoms with Crippen LogP contribution in [-0.4, -0.2) is 20.7 Å². The lowest BCUT2D eigenvalue weighted by Crippen LogP contribution is -2.15. The molecule has 0 unspecified atom stereocenters. The Kier molecular flexibility index (Phi) is 3.39. The van der Waals surface area contributed by atoms with Gasteiger partial charge in [0.15, 0.2) is 0 Å². The summed E-state index contributed by atoms with van der Waals surface area (Å²) in [5.41, 5.74) is 1.53. The van der Waals surface area contributed by atoms with Crippen LogP contribution in [0.4, 0.5) is 5.95 Å². The summed E-state index contributed by atoms with van der Waals surface area (Å²) in [4.78, 5) is 15.8. The van der Waals surface area contributed by atoms with E-state index in [1.807, 2.05) is 12.1 Å². The van der Waals surface area contributed by atoms with E-state index in [4.69, 9.17) is 11.6 Å². The summed E-state index contributed by atoms with van der Waals surface area (Å²) >= 11 is 5.67. The molecule has 0 atom stereocenters. The largest absolute Gasteiger partial charge is 0.291 e. The molecule has 88 valence electrons.